The molecule has 0 aliphatic carbocycles. The molecular formula is C16H20N4O4S. The summed E-state index contributed by atoms with van der Waals surface area (Å²) >= 11 is 0. The van der Waals surface area contributed by atoms with E-state index >= 15 is 0 Å². The smallest absolute Gasteiger partial charge is 0.293 e. The van der Waals surface area contributed by atoms with Crippen molar-refractivity contribution in [3.63, 3.8) is 0 Å². The number of benzene rings is 1. The highest BCUT2D eigenvalue weighted by Gasteiger charge is 2.25. The number of nitro benzene ring substituents is 1. The van der Waals surface area contributed by atoms with Gasteiger partial charge in [0.2, 0.25) is 10.0 Å². The van der Waals surface area contributed by atoms with Gasteiger partial charge in [-0.15, -0.1) is 0 Å². The van der Waals surface area contributed by atoms with Crippen molar-refractivity contribution < 1.29 is 13.3 Å². The second kappa shape index (κ2) is 7.16. The average molecular weight is 364 g/mol. The minimum Gasteiger partial charge on any atom is -0.374 e. The molecule has 0 fully saturated rings. The molecule has 0 spiro atoms. The minimum atomic E-state index is -3.85. The van der Waals surface area contributed by atoms with Crippen molar-refractivity contribution in [3.8, 4) is 0 Å². The average Bonchev–Trinajstić information content (AvgIpc) is 2.51. The Morgan fingerprint density at radius 3 is 2.48 bits per heavy atom. The number of pyridine rings is 1. The molecule has 1 heterocycles. The van der Waals surface area contributed by atoms with Gasteiger partial charge in [0.1, 0.15) is 5.69 Å². The third-order valence-electron chi connectivity index (χ3n) is 3.10. The number of sulfonamides is 1. The zero-order valence-corrected chi connectivity index (χ0v) is 15.0. The first kappa shape index (κ1) is 18.8. The van der Waals surface area contributed by atoms with Crippen LogP contribution in [0.4, 0.5) is 11.4 Å². The maximum absolute atomic E-state index is 12.3. The summed E-state index contributed by atoms with van der Waals surface area (Å²) < 4.78 is 27.2. The van der Waals surface area contributed by atoms with Crippen LogP contribution in [-0.4, -0.2) is 23.9 Å². The lowest BCUT2D eigenvalue weighted by atomic mass is 10.1. The van der Waals surface area contributed by atoms with E-state index in [0.29, 0.717) is 5.69 Å². The van der Waals surface area contributed by atoms with E-state index in [1.54, 1.807) is 39.1 Å². The molecule has 134 valence electrons. The molecule has 0 saturated carbocycles. The first-order chi connectivity index (χ1) is 11.6. The summed E-state index contributed by atoms with van der Waals surface area (Å²) in [5, 5.41) is 14.3. The first-order valence-electron chi connectivity index (χ1n) is 7.55. The number of nitrogens with zero attached hydrogens (tertiary/aromatic N) is 2. The molecule has 0 aliphatic heterocycles. The number of rotatable bonds is 6. The van der Waals surface area contributed by atoms with Crippen LogP contribution in [0.15, 0.2) is 47.5 Å². The highest BCUT2D eigenvalue weighted by Crippen LogP contribution is 2.28. The Labute approximate surface area is 146 Å². The molecule has 0 bridgehead atoms. The molecule has 8 nitrogen and oxygen atoms in total. The summed E-state index contributed by atoms with van der Waals surface area (Å²) in [5.74, 6) is 0. The number of aromatic nitrogens is 1. The van der Waals surface area contributed by atoms with Crippen molar-refractivity contribution in [2.24, 2.45) is 0 Å². The van der Waals surface area contributed by atoms with Gasteiger partial charge >= 0.3 is 0 Å². The lowest BCUT2D eigenvalue weighted by Crippen LogP contribution is -2.40. The summed E-state index contributed by atoms with van der Waals surface area (Å²) in [7, 11) is -3.85. The van der Waals surface area contributed by atoms with Gasteiger partial charge in [0.15, 0.2) is 0 Å². The molecule has 25 heavy (non-hydrogen) atoms. The Bertz CT molecular complexity index is 861. The van der Waals surface area contributed by atoms with Crippen LogP contribution in [0.1, 0.15) is 26.5 Å². The zero-order valence-electron chi connectivity index (χ0n) is 14.2. The second-order valence-corrected chi connectivity index (χ2v) is 8.15. The van der Waals surface area contributed by atoms with Crippen LogP contribution in [0.2, 0.25) is 0 Å². The Hall–Kier alpha value is -2.52. The molecule has 1 aromatic carbocycles. The Morgan fingerprint density at radius 1 is 1.20 bits per heavy atom. The Kier molecular flexibility index (Phi) is 5.39. The molecule has 2 aromatic rings. The number of nitrogens with one attached hydrogen (secondary N) is 2. The molecule has 0 saturated heterocycles. The number of nitro groups is 1. The van der Waals surface area contributed by atoms with E-state index in [1.807, 2.05) is 6.07 Å². The van der Waals surface area contributed by atoms with Crippen molar-refractivity contribution in [1.29, 1.82) is 0 Å². The van der Waals surface area contributed by atoms with Crippen molar-refractivity contribution in [1.82, 2.24) is 9.71 Å². The van der Waals surface area contributed by atoms with Crippen molar-refractivity contribution >= 4 is 21.4 Å². The first-order valence-corrected chi connectivity index (χ1v) is 9.03. The standard InChI is InChI=1S/C16H20N4O4S/c1-16(2,3)19-25(23,24)13-7-8-14(15(10-13)20(21)22)18-11-12-6-4-5-9-17-12/h4-10,18-19H,11H2,1-3H3. The van der Waals surface area contributed by atoms with E-state index in [1.165, 1.54) is 12.1 Å². The van der Waals surface area contributed by atoms with Gasteiger partial charge in [-0.05, 0) is 45.0 Å². The van der Waals surface area contributed by atoms with E-state index in [2.05, 4.69) is 15.0 Å². The predicted molar refractivity (Wildman–Crippen MR) is 94.7 cm³/mol. The molecule has 9 heteroatoms. The lowest BCUT2D eigenvalue weighted by molar-refractivity contribution is -0.384. The van der Waals surface area contributed by atoms with Gasteiger partial charge in [0.25, 0.3) is 5.69 Å². The van der Waals surface area contributed by atoms with Crippen LogP contribution >= 0.6 is 0 Å². The van der Waals surface area contributed by atoms with Gasteiger partial charge in [0.05, 0.1) is 22.1 Å². The van der Waals surface area contributed by atoms with E-state index in [0.717, 1.165) is 6.07 Å². The quantitative estimate of drug-likeness (QED) is 0.602. The maximum atomic E-state index is 12.3. The number of anilines is 1. The fourth-order valence-corrected chi connectivity index (χ4v) is 3.57. The molecule has 2 rings (SSSR count). The third-order valence-corrected chi connectivity index (χ3v) is 4.86. The third kappa shape index (κ3) is 5.23. The van der Waals surface area contributed by atoms with Gasteiger partial charge in [-0.2, -0.15) is 0 Å². The van der Waals surface area contributed by atoms with Gasteiger partial charge in [-0.25, -0.2) is 13.1 Å². The molecule has 0 atom stereocenters. The minimum absolute atomic E-state index is 0.155. The summed E-state index contributed by atoms with van der Waals surface area (Å²) in [4.78, 5) is 14.7. The fourth-order valence-electron chi connectivity index (χ4n) is 2.13. The van der Waals surface area contributed by atoms with Crippen LogP contribution in [0.5, 0.6) is 0 Å². The molecule has 0 aliphatic rings. The Balaban J connectivity index is 2.30. The SMILES string of the molecule is CC(C)(C)NS(=O)(=O)c1ccc(NCc2ccccn2)c([N+](=O)[O-])c1. The van der Waals surface area contributed by atoms with Crippen LogP contribution in [-0.2, 0) is 16.6 Å². The topological polar surface area (TPSA) is 114 Å². The van der Waals surface area contributed by atoms with E-state index in [9.17, 15) is 18.5 Å². The van der Waals surface area contributed by atoms with Crippen molar-refractivity contribution in [2.75, 3.05) is 5.32 Å². The van der Waals surface area contributed by atoms with Gasteiger partial charge in [0, 0.05) is 17.8 Å². The summed E-state index contributed by atoms with van der Waals surface area (Å²) in [5.41, 5.74) is -0.0651. The molecule has 0 radical (unpaired) electrons. The molecule has 0 unspecified atom stereocenters. The second-order valence-electron chi connectivity index (χ2n) is 6.47. The largest absolute Gasteiger partial charge is 0.374 e. The summed E-state index contributed by atoms with van der Waals surface area (Å²) in [6.45, 7) is 5.37. The molecular weight excluding hydrogens is 344 g/mol. The monoisotopic (exact) mass is 364 g/mol. The van der Waals surface area contributed by atoms with E-state index in [4.69, 9.17) is 0 Å². The normalized spacial score (nSPS) is 12.0. The molecule has 0 amide bonds. The van der Waals surface area contributed by atoms with Crippen molar-refractivity contribution in [2.45, 2.75) is 37.8 Å². The zero-order chi connectivity index (χ0) is 18.7. The van der Waals surface area contributed by atoms with Crippen LogP contribution in [0.25, 0.3) is 0 Å². The lowest BCUT2D eigenvalue weighted by Gasteiger charge is -2.20. The maximum Gasteiger partial charge on any atom is 0.293 e. The highest BCUT2D eigenvalue weighted by atomic mass is 32.2. The van der Waals surface area contributed by atoms with Gasteiger partial charge in [-0.3, -0.25) is 15.1 Å². The molecule has 2 N–H and O–H groups in total. The van der Waals surface area contributed by atoms with E-state index < -0.39 is 20.5 Å². The molecule has 1 aromatic heterocycles. The van der Waals surface area contributed by atoms with E-state index in [-0.39, 0.29) is 22.8 Å². The Morgan fingerprint density at radius 2 is 1.92 bits per heavy atom. The predicted octanol–water partition coefficient (Wildman–Crippen LogP) is 2.68. The summed E-state index contributed by atoms with van der Waals surface area (Å²) in [6.07, 6.45) is 1.62. The highest BCUT2D eigenvalue weighted by molar-refractivity contribution is 7.89. The number of hydrogen-bond donors (Lipinski definition) is 2. The van der Waals surface area contributed by atoms with Crippen LogP contribution in [0.3, 0.4) is 0 Å². The fraction of sp³-hybridized carbons (Fsp3) is 0.312. The summed E-state index contributed by atoms with van der Waals surface area (Å²) in [6, 6.07) is 9.14. The van der Waals surface area contributed by atoms with Crippen LogP contribution < -0.4 is 10.0 Å². The van der Waals surface area contributed by atoms with Gasteiger partial charge < -0.3 is 5.32 Å². The van der Waals surface area contributed by atoms with Crippen molar-refractivity contribution in [3.05, 3.63) is 58.4 Å². The van der Waals surface area contributed by atoms with Crippen LogP contribution in [0, 0.1) is 10.1 Å². The number of hydrogen-bond acceptors (Lipinski definition) is 6. The van der Waals surface area contributed by atoms with Gasteiger partial charge in [-0.1, -0.05) is 6.07 Å².